The van der Waals surface area contributed by atoms with E-state index in [4.69, 9.17) is 0 Å². The van der Waals surface area contributed by atoms with E-state index < -0.39 is 0 Å². The molecule has 1 saturated heterocycles. The quantitative estimate of drug-likeness (QED) is 0.847. The Labute approximate surface area is 124 Å². The summed E-state index contributed by atoms with van der Waals surface area (Å²) in [6, 6.07) is 3.61. The van der Waals surface area contributed by atoms with Gasteiger partial charge in [0.25, 0.3) is 5.91 Å². The number of pyridine rings is 1. The Morgan fingerprint density at radius 1 is 1.33 bits per heavy atom. The molecular weight excluding hydrogens is 264 g/mol. The molecule has 1 amide bonds. The lowest BCUT2D eigenvalue weighted by Crippen LogP contribution is -2.39. The summed E-state index contributed by atoms with van der Waals surface area (Å²) in [5.74, 6) is 0.349. The van der Waals surface area contributed by atoms with Crippen molar-refractivity contribution in [3.8, 4) is 0 Å². The number of nitrogens with zero attached hydrogens (tertiary/aromatic N) is 4. The largest absolute Gasteiger partial charge is 0.338 e. The fourth-order valence-electron chi connectivity index (χ4n) is 2.89. The predicted octanol–water partition coefficient (Wildman–Crippen LogP) is 2.20. The van der Waals surface area contributed by atoms with Crippen molar-refractivity contribution in [3.05, 3.63) is 53.9 Å². The number of carbonyl (C=O) groups excluding carboxylic acids is 1. The third-order valence-corrected chi connectivity index (χ3v) is 3.94. The van der Waals surface area contributed by atoms with E-state index in [1.54, 1.807) is 24.8 Å². The van der Waals surface area contributed by atoms with Crippen LogP contribution in [0.15, 0.2) is 37.1 Å². The lowest BCUT2D eigenvalue weighted by molar-refractivity contribution is 0.0705. The van der Waals surface area contributed by atoms with Gasteiger partial charge in [0.05, 0.1) is 11.3 Å². The molecule has 1 atom stereocenters. The summed E-state index contributed by atoms with van der Waals surface area (Å²) in [6.07, 6.45) is 8.80. The number of aromatic nitrogens is 3. The van der Waals surface area contributed by atoms with Gasteiger partial charge in [-0.2, -0.15) is 0 Å². The number of likely N-dealkylation sites (tertiary alicyclic amines) is 1. The van der Waals surface area contributed by atoms with Crippen molar-refractivity contribution < 1.29 is 4.79 Å². The monoisotopic (exact) mass is 282 g/mol. The van der Waals surface area contributed by atoms with Crippen LogP contribution in [0.1, 0.15) is 40.4 Å². The third-order valence-electron chi connectivity index (χ3n) is 3.94. The Morgan fingerprint density at radius 2 is 2.24 bits per heavy atom. The highest BCUT2D eigenvalue weighted by Gasteiger charge is 2.27. The average molecular weight is 282 g/mol. The lowest BCUT2D eigenvalue weighted by Gasteiger charge is -2.33. The van der Waals surface area contributed by atoms with Crippen LogP contribution in [0.2, 0.25) is 0 Å². The van der Waals surface area contributed by atoms with Gasteiger partial charge < -0.3 is 4.90 Å². The van der Waals surface area contributed by atoms with Crippen molar-refractivity contribution in [2.75, 3.05) is 13.1 Å². The van der Waals surface area contributed by atoms with Gasteiger partial charge in [0, 0.05) is 37.6 Å². The molecule has 0 saturated carbocycles. The van der Waals surface area contributed by atoms with Gasteiger partial charge in [0.2, 0.25) is 0 Å². The molecule has 5 heteroatoms. The van der Waals surface area contributed by atoms with E-state index in [2.05, 4.69) is 15.0 Å². The van der Waals surface area contributed by atoms with Crippen LogP contribution in [0, 0.1) is 6.92 Å². The summed E-state index contributed by atoms with van der Waals surface area (Å²) in [4.78, 5) is 26.9. The Balaban J connectivity index is 1.77. The van der Waals surface area contributed by atoms with E-state index in [9.17, 15) is 4.79 Å². The van der Waals surface area contributed by atoms with E-state index in [1.165, 1.54) is 0 Å². The molecule has 21 heavy (non-hydrogen) atoms. The SMILES string of the molecule is Cc1cncnc1[C@@H]1CCCN(C(=O)c2cccnc2)C1. The molecule has 0 bridgehead atoms. The fourth-order valence-corrected chi connectivity index (χ4v) is 2.89. The number of piperidine rings is 1. The van der Waals surface area contributed by atoms with E-state index in [0.717, 1.165) is 30.6 Å². The Hall–Kier alpha value is -2.30. The van der Waals surface area contributed by atoms with Crippen LogP contribution < -0.4 is 0 Å². The second-order valence-electron chi connectivity index (χ2n) is 5.42. The van der Waals surface area contributed by atoms with Gasteiger partial charge in [-0.25, -0.2) is 9.97 Å². The van der Waals surface area contributed by atoms with Crippen LogP contribution in [-0.2, 0) is 0 Å². The Kier molecular flexibility index (Phi) is 3.90. The second kappa shape index (κ2) is 5.99. The fraction of sp³-hybridized carbons (Fsp3) is 0.375. The average Bonchev–Trinajstić information content (AvgIpc) is 2.55. The molecule has 3 heterocycles. The smallest absolute Gasteiger partial charge is 0.255 e. The third kappa shape index (κ3) is 2.91. The van der Waals surface area contributed by atoms with Crippen molar-refractivity contribution >= 4 is 5.91 Å². The van der Waals surface area contributed by atoms with Crippen LogP contribution in [0.4, 0.5) is 0 Å². The van der Waals surface area contributed by atoms with E-state index >= 15 is 0 Å². The van der Waals surface area contributed by atoms with Gasteiger partial charge in [-0.3, -0.25) is 9.78 Å². The van der Waals surface area contributed by atoms with Gasteiger partial charge >= 0.3 is 0 Å². The zero-order valence-electron chi connectivity index (χ0n) is 12.1. The van der Waals surface area contributed by atoms with E-state index in [0.29, 0.717) is 18.0 Å². The standard InChI is InChI=1S/C16H18N4O/c1-12-8-18-11-19-15(12)14-5-3-7-20(10-14)16(21)13-4-2-6-17-9-13/h2,4,6,8-9,11,14H,3,5,7,10H2,1H3/t14-/m1/s1. The van der Waals surface area contributed by atoms with Crippen molar-refractivity contribution in [1.82, 2.24) is 19.9 Å². The highest BCUT2D eigenvalue weighted by molar-refractivity contribution is 5.94. The molecule has 1 aliphatic heterocycles. The Bertz CT molecular complexity index is 629. The van der Waals surface area contributed by atoms with E-state index in [-0.39, 0.29) is 5.91 Å². The molecule has 1 aliphatic rings. The van der Waals surface area contributed by atoms with Crippen LogP contribution in [0.3, 0.4) is 0 Å². The van der Waals surface area contributed by atoms with E-state index in [1.807, 2.05) is 24.1 Å². The molecule has 108 valence electrons. The molecule has 0 spiro atoms. The molecular formula is C16H18N4O. The van der Waals surface area contributed by atoms with Crippen LogP contribution in [-0.4, -0.2) is 38.8 Å². The predicted molar refractivity (Wildman–Crippen MR) is 78.9 cm³/mol. The van der Waals surface area contributed by atoms with Crippen LogP contribution in [0.25, 0.3) is 0 Å². The van der Waals surface area contributed by atoms with Crippen LogP contribution >= 0.6 is 0 Å². The maximum Gasteiger partial charge on any atom is 0.255 e. The van der Waals surface area contributed by atoms with Gasteiger partial charge in [-0.1, -0.05) is 0 Å². The summed E-state index contributed by atoms with van der Waals surface area (Å²) in [7, 11) is 0. The molecule has 0 unspecified atom stereocenters. The van der Waals surface area contributed by atoms with Crippen molar-refractivity contribution in [2.24, 2.45) is 0 Å². The minimum absolute atomic E-state index is 0.0551. The first kappa shape index (κ1) is 13.7. The Morgan fingerprint density at radius 3 is 3.00 bits per heavy atom. The summed E-state index contributed by atoms with van der Waals surface area (Å²) >= 11 is 0. The maximum absolute atomic E-state index is 12.5. The molecule has 1 fully saturated rings. The number of amides is 1. The molecule has 0 radical (unpaired) electrons. The highest BCUT2D eigenvalue weighted by atomic mass is 16.2. The minimum Gasteiger partial charge on any atom is -0.338 e. The van der Waals surface area contributed by atoms with Gasteiger partial charge in [-0.15, -0.1) is 0 Å². The molecule has 3 rings (SSSR count). The normalized spacial score (nSPS) is 18.5. The number of aryl methyl sites for hydroxylation is 1. The number of rotatable bonds is 2. The molecule has 0 aliphatic carbocycles. The number of hydrogen-bond acceptors (Lipinski definition) is 4. The zero-order valence-corrected chi connectivity index (χ0v) is 12.1. The summed E-state index contributed by atoms with van der Waals surface area (Å²) < 4.78 is 0. The first-order valence-corrected chi connectivity index (χ1v) is 7.21. The molecule has 0 aromatic carbocycles. The second-order valence-corrected chi connectivity index (χ2v) is 5.42. The molecule has 0 N–H and O–H groups in total. The van der Waals surface area contributed by atoms with Gasteiger partial charge in [0.1, 0.15) is 6.33 Å². The number of hydrogen-bond donors (Lipinski definition) is 0. The summed E-state index contributed by atoms with van der Waals surface area (Å²) in [5.41, 5.74) is 2.81. The molecule has 2 aromatic rings. The summed E-state index contributed by atoms with van der Waals surface area (Å²) in [6.45, 7) is 3.54. The van der Waals surface area contributed by atoms with Crippen molar-refractivity contribution in [2.45, 2.75) is 25.7 Å². The number of carbonyl (C=O) groups is 1. The first-order valence-electron chi connectivity index (χ1n) is 7.21. The summed E-state index contributed by atoms with van der Waals surface area (Å²) in [5, 5.41) is 0. The van der Waals surface area contributed by atoms with Crippen LogP contribution in [0.5, 0.6) is 0 Å². The highest BCUT2D eigenvalue weighted by Crippen LogP contribution is 2.27. The van der Waals surface area contributed by atoms with Crippen molar-refractivity contribution in [1.29, 1.82) is 0 Å². The maximum atomic E-state index is 12.5. The minimum atomic E-state index is 0.0551. The lowest BCUT2D eigenvalue weighted by atomic mass is 9.92. The van der Waals surface area contributed by atoms with Gasteiger partial charge in [0.15, 0.2) is 0 Å². The van der Waals surface area contributed by atoms with Gasteiger partial charge in [-0.05, 0) is 37.5 Å². The molecule has 2 aromatic heterocycles. The molecule has 5 nitrogen and oxygen atoms in total. The van der Waals surface area contributed by atoms with Crippen molar-refractivity contribution in [3.63, 3.8) is 0 Å². The zero-order chi connectivity index (χ0) is 14.7. The topological polar surface area (TPSA) is 59.0 Å². The first-order chi connectivity index (χ1) is 10.3.